The molecule has 1 aliphatic heterocycles. The van der Waals surface area contributed by atoms with Crippen LogP contribution >= 0.6 is 0 Å². The molecule has 0 spiro atoms. The maximum Gasteiger partial charge on any atom is 0.300 e. The van der Waals surface area contributed by atoms with E-state index in [9.17, 15) is 4.79 Å². The van der Waals surface area contributed by atoms with Crippen molar-refractivity contribution in [2.24, 2.45) is 11.8 Å². The number of benzene rings is 1. The van der Waals surface area contributed by atoms with Crippen molar-refractivity contribution in [1.29, 1.82) is 0 Å². The molecule has 2 bridgehead atoms. The molecule has 1 atom stereocenters. The lowest BCUT2D eigenvalue weighted by molar-refractivity contribution is 0.143. The van der Waals surface area contributed by atoms with E-state index in [1.165, 1.54) is 50.2 Å². The van der Waals surface area contributed by atoms with Crippen LogP contribution in [-0.2, 0) is 6.54 Å². The Labute approximate surface area is 159 Å². The third-order valence-electron chi connectivity index (χ3n) is 6.54. The first-order valence-corrected chi connectivity index (χ1v) is 10.2. The van der Waals surface area contributed by atoms with E-state index in [1.807, 2.05) is 4.57 Å². The van der Waals surface area contributed by atoms with Gasteiger partial charge >= 0.3 is 0 Å². The second-order valence-corrected chi connectivity index (χ2v) is 8.23. The van der Waals surface area contributed by atoms with Crippen molar-refractivity contribution >= 4 is 0 Å². The van der Waals surface area contributed by atoms with Gasteiger partial charge in [-0.25, -0.2) is 0 Å². The van der Waals surface area contributed by atoms with E-state index in [2.05, 4.69) is 29.2 Å². The number of aromatic nitrogens is 2. The van der Waals surface area contributed by atoms with Crippen LogP contribution < -0.4 is 15.0 Å². The Hall–Kier alpha value is -2.30. The SMILES string of the molecule is O=c1ccn2c(n1)OC(COc1ccc(C3C4CCCC3CCC4)cc1)C2. The Morgan fingerprint density at radius 3 is 2.44 bits per heavy atom. The fourth-order valence-electron chi connectivity index (χ4n) is 5.33. The highest BCUT2D eigenvalue weighted by atomic mass is 16.6. The molecule has 27 heavy (non-hydrogen) atoms. The standard InChI is InChI=1S/C22H26N2O3/c25-20-11-12-24-13-19(27-22(24)23-20)14-26-18-9-7-17(8-10-18)21-15-3-1-4-16(21)6-2-5-15/h7-12,15-16,19,21H,1-6,13-14H2. The molecule has 1 aromatic carbocycles. The highest BCUT2D eigenvalue weighted by Crippen LogP contribution is 2.49. The van der Waals surface area contributed by atoms with Gasteiger partial charge in [0.1, 0.15) is 12.4 Å². The zero-order valence-electron chi connectivity index (χ0n) is 15.5. The Morgan fingerprint density at radius 1 is 1.04 bits per heavy atom. The summed E-state index contributed by atoms with van der Waals surface area (Å²) in [5.41, 5.74) is 1.22. The fourth-order valence-corrected chi connectivity index (χ4v) is 5.33. The van der Waals surface area contributed by atoms with Crippen LogP contribution in [0, 0.1) is 11.8 Å². The molecule has 5 rings (SSSR count). The third-order valence-corrected chi connectivity index (χ3v) is 6.54. The van der Waals surface area contributed by atoms with E-state index in [4.69, 9.17) is 9.47 Å². The van der Waals surface area contributed by atoms with Crippen molar-refractivity contribution in [2.75, 3.05) is 6.61 Å². The van der Waals surface area contributed by atoms with E-state index in [0.717, 1.165) is 23.5 Å². The summed E-state index contributed by atoms with van der Waals surface area (Å²) in [5.74, 6) is 3.38. The largest absolute Gasteiger partial charge is 0.490 e. The second-order valence-electron chi connectivity index (χ2n) is 8.23. The van der Waals surface area contributed by atoms with Crippen molar-refractivity contribution < 1.29 is 9.47 Å². The molecule has 2 saturated carbocycles. The lowest BCUT2D eigenvalue weighted by Gasteiger charge is -2.43. The highest BCUT2D eigenvalue weighted by molar-refractivity contribution is 5.31. The summed E-state index contributed by atoms with van der Waals surface area (Å²) >= 11 is 0. The molecule has 142 valence electrons. The summed E-state index contributed by atoms with van der Waals surface area (Å²) in [4.78, 5) is 15.2. The van der Waals surface area contributed by atoms with Gasteiger partial charge in [-0.05, 0) is 61.1 Å². The minimum atomic E-state index is -0.272. The van der Waals surface area contributed by atoms with Crippen molar-refractivity contribution in [3.63, 3.8) is 0 Å². The van der Waals surface area contributed by atoms with Crippen molar-refractivity contribution in [3.05, 3.63) is 52.4 Å². The fraction of sp³-hybridized carbons (Fsp3) is 0.545. The van der Waals surface area contributed by atoms with Gasteiger partial charge in [0.05, 0.1) is 6.54 Å². The molecule has 5 heteroatoms. The molecule has 2 aromatic rings. The van der Waals surface area contributed by atoms with Crippen molar-refractivity contribution in [3.8, 4) is 11.8 Å². The number of fused-ring (bicyclic) bond motifs is 3. The average molecular weight is 366 g/mol. The van der Waals surface area contributed by atoms with E-state index in [1.54, 1.807) is 6.20 Å². The van der Waals surface area contributed by atoms with Gasteiger partial charge in [0, 0.05) is 12.3 Å². The number of hydrogen-bond donors (Lipinski definition) is 0. The Balaban J connectivity index is 1.21. The first kappa shape index (κ1) is 16.8. The third kappa shape index (κ3) is 3.35. The van der Waals surface area contributed by atoms with Crippen LogP contribution in [0.5, 0.6) is 11.8 Å². The number of rotatable bonds is 4. The van der Waals surface area contributed by atoms with Gasteiger partial charge in [-0.1, -0.05) is 25.0 Å². The van der Waals surface area contributed by atoms with Crippen LogP contribution in [0.25, 0.3) is 0 Å². The van der Waals surface area contributed by atoms with E-state index >= 15 is 0 Å². The van der Waals surface area contributed by atoms with Gasteiger partial charge in [-0.3, -0.25) is 9.36 Å². The van der Waals surface area contributed by atoms with Crippen LogP contribution in [0.4, 0.5) is 0 Å². The molecular formula is C22H26N2O3. The average Bonchev–Trinajstić information content (AvgIpc) is 3.08. The molecule has 2 heterocycles. The van der Waals surface area contributed by atoms with Crippen LogP contribution in [0.15, 0.2) is 41.3 Å². The lowest BCUT2D eigenvalue weighted by Crippen LogP contribution is -2.30. The van der Waals surface area contributed by atoms with Crippen LogP contribution in [-0.4, -0.2) is 22.3 Å². The summed E-state index contributed by atoms with van der Waals surface area (Å²) in [6.07, 6.45) is 10.0. The maximum atomic E-state index is 11.3. The summed E-state index contributed by atoms with van der Waals surface area (Å²) in [7, 11) is 0. The Morgan fingerprint density at radius 2 is 1.74 bits per heavy atom. The number of hydrogen-bond acceptors (Lipinski definition) is 4. The zero-order chi connectivity index (χ0) is 18.2. The number of nitrogens with zero attached hydrogens (tertiary/aromatic N) is 2. The van der Waals surface area contributed by atoms with Crippen molar-refractivity contribution in [2.45, 2.75) is 57.1 Å². The predicted molar refractivity (Wildman–Crippen MR) is 102 cm³/mol. The Kier molecular flexibility index (Phi) is 4.38. The molecule has 1 aromatic heterocycles. The van der Waals surface area contributed by atoms with Gasteiger partial charge in [0.2, 0.25) is 0 Å². The second kappa shape index (κ2) is 7.02. The van der Waals surface area contributed by atoms with Crippen LogP contribution in [0.2, 0.25) is 0 Å². The molecule has 3 aliphatic rings. The monoisotopic (exact) mass is 366 g/mol. The maximum absolute atomic E-state index is 11.3. The molecule has 2 aliphatic carbocycles. The van der Waals surface area contributed by atoms with Crippen molar-refractivity contribution in [1.82, 2.24) is 9.55 Å². The molecule has 0 radical (unpaired) electrons. The smallest absolute Gasteiger partial charge is 0.300 e. The minimum Gasteiger partial charge on any atom is -0.490 e. The Bertz CT molecular complexity index is 839. The van der Waals surface area contributed by atoms with Gasteiger partial charge in [-0.2, -0.15) is 4.98 Å². The summed E-state index contributed by atoms with van der Waals surface area (Å²) in [5, 5.41) is 0. The predicted octanol–water partition coefficient (Wildman–Crippen LogP) is 3.77. The first-order valence-electron chi connectivity index (χ1n) is 10.2. The quantitative estimate of drug-likeness (QED) is 0.827. The van der Waals surface area contributed by atoms with Gasteiger partial charge in [0.25, 0.3) is 11.6 Å². The summed E-state index contributed by atoms with van der Waals surface area (Å²) < 4.78 is 13.5. The molecule has 0 N–H and O–H groups in total. The summed E-state index contributed by atoms with van der Waals surface area (Å²) in [6.45, 7) is 1.11. The first-order chi connectivity index (χ1) is 13.3. The molecule has 0 amide bonds. The van der Waals surface area contributed by atoms with Crippen LogP contribution in [0.1, 0.15) is 50.0 Å². The van der Waals surface area contributed by atoms with E-state index in [0.29, 0.717) is 19.2 Å². The molecule has 2 fully saturated rings. The lowest BCUT2D eigenvalue weighted by atomic mass is 9.62. The topological polar surface area (TPSA) is 53.4 Å². The molecule has 0 saturated heterocycles. The van der Waals surface area contributed by atoms with Gasteiger partial charge in [-0.15, -0.1) is 0 Å². The molecule has 1 unspecified atom stereocenters. The van der Waals surface area contributed by atoms with E-state index in [-0.39, 0.29) is 11.7 Å². The number of ether oxygens (including phenoxy) is 2. The molecule has 5 nitrogen and oxygen atoms in total. The normalized spacial score (nSPS) is 29.0. The van der Waals surface area contributed by atoms with Crippen LogP contribution in [0.3, 0.4) is 0 Å². The highest BCUT2D eigenvalue weighted by Gasteiger charge is 2.36. The summed E-state index contributed by atoms with van der Waals surface area (Å²) in [6, 6.07) is 10.6. The zero-order valence-corrected chi connectivity index (χ0v) is 15.5. The minimum absolute atomic E-state index is 0.114. The van der Waals surface area contributed by atoms with E-state index < -0.39 is 0 Å². The van der Waals surface area contributed by atoms with Gasteiger partial charge < -0.3 is 9.47 Å². The van der Waals surface area contributed by atoms with Gasteiger partial charge in [0.15, 0.2) is 6.10 Å². The molecular weight excluding hydrogens is 340 g/mol.